The third-order valence-corrected chi connectivity index (χ3v) is 6.56. The number of amides is 2. The summed E-state index contributed by atoms with van der Waals surface area (Å²) in [6.45, 7) is 12.8. The molecule has 2 heterocycles. The molecule has 2 saturated heterocycles. The first-order chi connectivity index (χ1) is 15.4. The van der Waals surface area contributed by atoms with Crippen molar-refractivity contribution >= 4 is 12.2 Å². The van der Waals surface area contributed by atoms with E-state index in [1.807, 2.05) is 0 Å². The van der Waals surface area contributed by atoms with Crippen LogP contribution in [0, 0.1) is 5.92 Å². The van der Waals surface area contributed by atoms with Crippen LogP contribution in [-0.4, -0.2) is 74.1 Å². The average Bonchev–Trinajstić information content (AvgIpc) is 3.61. The molecule has 6 atom stereocenters. The molecule has 1 saturated carbocycles. The molecular formula is C24H40N2O7. The van der Waals surface area contributed by atoms with Gasteiger partial charge in [0, 0.05) is 20.2 Å². The third-order valence-electron chi connectivity index (χ3n) is 6.56. The summed E-state index contributed by atoms with van der Waals surface area (Å²) < 4.78 is 28.9. The Kier molecular flexibility index (Phi) is 7.65. The first kappa shape index (κ1) is 25.8. The normalized spacial score (nSPS) is 34.9. The van der Waals surface area contributed by atoms with Crippen molar-refractivity contribution < 1.29 is 33.3 Å². The molecule has 0 aromatic rings. The van der Waals surface area contributed by atoms with Gasteiger partial charge in [-0.3, -0.25) is 0 Å². The Morgan fingerprint density at radius 1 is 1.15 bits per heavy atom. The number of ether oxygens (including phenoxy) is 5. The van der Waals surface area contributed by atoms with Gasteiger partial charge >= 0.3 is 12.2 Å². The zero-order valence-corrected chi connectivity index (χ0v) is 21.0. The van der Waals surface area contributed by atoms with E-state index in [1.165, 1.54) is 5.57 Å². The number of alkyl carbamates (subject to hydrolysis) is 2. The second-order valence-corrected chi connectivity index (χ2v) is 10.7. The predicted octanol–water partition coefficient (Wildman–Crippen LogP) is 3.31. The maximum Gasteiger partial charge on any atom is 0.407 e. The summed E-state index contributed by atoms with van der Waals surface area (Å²) in [4.78, 5) is 24.1. The van der Waals surface area contributed by atoms with E-state index in [1.54, 1.807) is 27.9 Å². The molecule has 0 aromatic heterocycles. The number of hydrogen-bond donors (Lipinski definition) is 2. The molecule has 1 aliphatic carbocycles. The highest BCUT2D eigenvalue weighted by Crippen LogP contribution is 2.59. The number of nitrogens with one attached hydrogen (secondary N) is 2. The van der Waals surface area contributed by atoms with Gasteiger partial charge in [0.15, 0.2) is 0 Å². The van der Waals surface area contributed by atoms with Gasteiger partial charge in [-0.1, -0.05) is 11.6 Å². The van der Waals surface area contributed by atoms with Gasteiger partial charge in [0.1, 0.15) is 29.0 Å². The second kappa shape index (κ2) is 9.80. The zero-order chi connectivity index (χ0) is 24.4. The van der Waals surface area contributed by atoms with E-state index in [-0.39, 0.29) is 42.4 Å². The highest BCUT2D eigenvalue weighted by molar-refractivity contribution is 5.69. The molecule has 2 amide bonds. The lowest BCUT2D eigenvalue weighted by molar-refractivity contribution is -0.118. The minimum Gasteiger partial charge on any atom is -0.444 e. The second-order valence-electron chi connectivity index (χ2n) is 10.7. The lowest BCUT2D eigenvalue weighted by Gasteiger charge is -2.42. The van der Waals surface area contributed by atoms with Gasteiger partial charge in [-0.2, -0.15) is 0 Å². The Labute approximate surface area is 196 Å². The largest absolute Gasteiger partial charge is 0.444 e. The standard InChI is InChI=1S/C24H40N2O7/c1-15(2)8-9-17-23(6,32-17)19-18(29-7)16(10-11-24(19)14-30-24)31-20(27)25-12-13-26-21(28)33-22(3,4)5/h8,16-19H,9-14H2,1-7H3,(H,25,27)(H,26,28)/t16-,17-,18-,19-,23+,24+/m1/s1. The van der Waals surface area contributed by atoms with Crippen LogP contribution in [0.5, 0.6) is 0 Å². The minimum absolute atomic E-state index is 0.0223. The molecule has 0 radical (unpaired) electrons. The van der Waals surface area contributed by atoms with Gasteiger partial charge in [0.05, 0.1) is 18.6 Å². The Morgan fingerprint density at radius 2 is 1.79 bits per heavy atom. The van der Waals surface area contributed by atoms with Crippen LogP contribution in [0.2, 0.25) is 0 Å². The van der Waals surface area contributed by atoms with Crippen LogP contribution >= 0.6 is 0 Å². The van der Waals surface area contributed by atoms with Gasteiger partial charge in [0.2, 0.25) is 0 Å². The van der Waals surface area contributed by atoms with Crippen LogP contribution in [0.4, 0.5) is 9.59 Å². The van der Waals surface area contributed by atoms with E-state index in [0.717, 1.165) is 12.8 Å². The monoisotopic (exact) mass is 468 g/mol. The molecule has 3 fully saturated rings. The quantitative estimate of drug-likeness (QED) is 0.319. The molecule has 0 unspecified atom stereocenters. The van der Waals surface area contributed by atoms with Crippen LogP contribution in [0.1, 0.15) is 60.8 Å². The van der Waals surface area contributed by atoms with Gasteiger partial charge in [-0.15, -0.1) is 0 Å². The van der Waals surface area contributed by atoms with Crippen molar-refractivity contribution in [1.29, 1.82) is 0 Å². The van der Waals surface area contributed by atoms with E-state index in [2.05, 4.69) is 37.5 Å². The molecule has 0 bridgehead atoms. The average molecular weight is 469 g/mol. The number of carbonyl (C=O) groups excluding carboxylic acids is 2. The number of epoxide rings is 2. The van der Waals surface area contributed by atoms with Crippen LogP contribution in [-0.2, 0) is 23.7 Å². The summed E-state index contributed by atoms with van der Waals surface area (Å²) in [5.41, 5.74) is 0.0522. The van der Waals surface area contributed by atoms with Crippen molar-refractivity contribution in [2.75, 3.05) is 26.8 Å². The highest BCUT2D eigenvalue weighted by Gasteiger charge is 2.72. The molecule has 0 aromatic carbocycles. The van der Waals surface area contributed by atoms with E-state index in [9.17, 15) is 9.59 Å². The highest BCUT2D eigenvalue weighted by atomic mass is 16.6. The number of rotatable bonds is 8. The van der Waals surface area contributed by atoms with E-state index < -0.39 is 23.9 Å². The molecule has 9 nitrogen and oxygen atoms in total. The first-order valence-corrected chi connectivity index (χ1v) is 11.8. The summed E-state index contributed by atoms with van der Waals surface area (Å²) in [5.74, 6) is -0.0223. The SMILES string of the molecule is CO[C@@H]1[C@H](OC(=O)NCCNC(=O)OC(C)(C)C)CC[C@]2(CO2)[C@H]1[C@@]1(C)O[C@@H]1CC=C(C)C. The first-order valence-electron chi connectivity index (χ1n) is 11.8. The number of hydrogen-bond acceptors (Lipinski definition) is 7. The molecule has 1 spiro atoms. The molecule has 2 N–H and O–H groups in total. The van der Waals surface area contributed by atoms with E-state index in [4.69, 9.17) is 23.7 Å². The molecule has 33 heavy (non-hydrogen) atoms. The smallest absolute Gasteiger partial charge is 0.407 e. The molecular weight excluding hydrogens is 428 g/mol. The Bertz CT molecular complexity index is 754. The maximum atomic E-state index is 12.4. The lowest BCUT2D eigenvalue weighted by Crippen LogP contribution is -2.56. The summed E-state index contributed by atoms with van der Waals surface area (Å²) in [7, 11) is 1.65. The molecule has 9 heteroatoms. The van der Waals surface area contributed by atoms with E-state index in [0.29, 0.717) is 13.0 Å². The van der Waals surface area contributed by atoms with Gasteiger partial charge in [-0.05, 0) is 60.8 Å². The lowest BCUT2D eigenvalue weighted by atomic mass is 9.68. The molecule has 188 valence electrons. The maximum absolute atomic E-state index is 12.4. The zero-order valence-electron chi connectivity index (χ0n) is 21.0. The van der Waals surface area contributed by atoms with Crippen molar-refractivity contribution in [2.45, 2.75) is 95.9 Å². The summed E-state index contributed by atoms with van der Waals surface area (Å²) >= 11 is 0. The topological polar surface area (TPSA) is 111 Å². The number of carbonyl (C=O) groups is 2. The van der Waals surface area contributed by atoms with Gasteiger partial charge < -0.3 is 34.3 Å². The van der Waals surface area contributed by atoms with Crippen LogP contribution in [0.15, 0.2) is 11.6 Å². The minimum atomic E-state index is -0.571. The van der Waals surface area contributed by atoms with Crippen molar-refractivity contribution in [3.8, 4) is 0 Å². The van der Waals surface area contributed by atoms with Crippen molar-refractivity contribution in [3.05, 3.63) is 11.6 Å². The van der Waals surface area contributed by atoms with Crippen LogP contribution in [0.25, 0.3) is 0 Å². The Hall–Kier alpha value is -1.84. The fraction of sp³-hybridized carbons (Fsp3) is 0.833. The van der Waals surface area contributed by atoms with Crippen molar-refractivity contribution in [1.82, 2.24) is 10.6 Å². The van der Waals surface area contributed by atoms with Gasteiger partial charge in [0.25, 0.3) is 0 Å². The van der Waals surface area contributed by atoms with E-state index >= 15 is 0 Å². The molecule has 3 rings (SSSR count). The fourth-order valence-electron chi connectivity index (χ4n) is 4.89. The van der Waals surface area contributed by atoms with Crippen molar-refractivity contribution in [2.24, 2.45) is 5.92 Å². The fourth-order valence-corrected chi connectivity index (χ4v) is 4.89. The molecule has 2 aliphatic heterocycles. The number of allylic oxidation sites excluding steroid dienone is 1. The predicted molar refractivity (Wildman–Crippen MR) is 122 cm³/mol. The third kappa shape index (κ3) is 6.39. The Balaban J connectivity index is 1.52. The number of methoxy groups -OCH3 is 1. The van der Waals surface area contributed by atoms with Gasteiger partial charge in [-0.25, -0.2) is 9.59 Å². The van der Waals surface area contributed by atoms with Crippen molar-refractivity contribution in [3.63, 3.8) is 0 Å². The summed E-state index contributed by atoms with van der Waals surface area (Å²) in [5, 5.41) is 5.29. The Morgan fingerprint density at radius 3 is 2.33 bits per heavy atom. The molecule has 3 aliphatic rings. The van der Waals surface area contributed by atoms with Crippen LogP contribution < -0.4 is 10.6 Å². The summed E-state index contributed by atoms with van der Waals surface area (Å²) in [6, 6.07) is 0. The van der Waals surface area contributed by atoms with Crippen LogP contribution in [0.3, 0.4) is 0 Å². The summed E-state index contributed by atoms with van der Waals surface area (Å²) in [6.07, 6.45) is 2.79.